The molecule has 0 aliphatic carbocycles. The fraction of sp³-hybridized carbons (Fsp3) is 1.00. The van der Waals surface area contributed by atoms with E-state index < -0.39 is 76.5 Å². The zero-order chi connectivity index (χ0) is 22.7. The van der Waals surface area contributed by atoms with E-state index >= 15 is 0 Å². The molecule has 1 aliphatic rings. The van der Waals surface area contributed by atoms with Crippen LogP contribution in [-0.4, -0.2) is 90.6 Å². The molecule has 180 valence electrons. The third-order valence-electron chi connectivity index (χ3n) is 3.83. The summed E-state index contributed by atoms with van der Waals surface area (Å²) in [6.45, 7) is 0.493. The number of aliphatic hydroxyl groups is 3. The molecule has 0 aromatic carbocycles. The second kappa shape index (κ2) is 16.1. The maximum absolute atomic E-state index is 9.79. The lowest BCUT2D eigenvalue weighted by molar-refractivity contribution is -0.265. The van der Waals surface area contributed by atoms with Crippen LogP contribution in [0.2, 0.25) is 0 Å². The predicted octanol–water partition coefficient (Wildman–Crippen LogP) is -0.688. The van der Waals surface area contributed by atoms with Crippen molar-refractivity contribution in [3.8, 4) is 0 Å². The molecule has 1 saturated heterocycles. The van der Waals surface area contributed by atoms with Gasteiger partial charge in [0, 0.05) is 28.5 Å². The molecule has 7 unspecified atom stereocenters. The first-order chi connectivity index (χ1) is 14.3. The molecule has 11 nitrogen and oxygen atoms in total. The van der Waals surface area contributed by atoms with E-state index in [0.29, 0.717) is 6.61 Å². The Morgan fingerprint density at radius 1 is 1.20 bits per heavy atom. The van der Waals surface area contributed by atoms with Crippen molar-refractivity contribution in [1.29, 1.82) is 0 Å². The average Bonchev–Trinajstić information content (AvgIpc) is 2.70. The molecule has 17 heteroatoms. The number of rotatable bonds is 15. The number of hydrogen-bond acceptors (Lipinski definition) is 15. The molecule has 1 rings (SSSR count). The van der Waals surface area contributed by atoms with Crippen LogP contribution in [0.25, 0.3) is 0 Å². The molecule has 0 aromatic rings. The van der Waals surface area contributed by atoms with Crippen molar-refractivity contribution in [2.75, 3.05) is 39.3 Å². The van der Waals surface area contributed by atoms with Gasteiger partial charge in [-0.05, 0) is 18.1 Å². The highest BCUT2D eigenvalue weighted by Crippen LogP contribution is 2.42. The maximum Gasteiger partial charge on any atom is 0.363 e. The van der Waals surface area contributed by atoms with Gasteiger partial charge in [0.25, 0.3) is 0 Å². The molecule has 0 aromatic heterocycles. The normalized spacial score (nSPS) is 29.4. The van der Waals surface area contributed by atoms with E-state index in [0.717, 1.165) is 0 Å². The molecule has 1 aliphatic heterocycles. The molecule has 0 spiro atoms. The number of hydrogen-bond donors (Lipinski definition) is 4. The second-order valence-electron chi connectivity index (χ2n) is 5.77. The van der Waals surface area contributed by atoms with E-state index in [1.807, 2.05) is 0 Å². The van der Waals surface area contributed by atoms with Crippen molar-refractivity contribution in [3.05, 3.63) is 0 Å². The summed E-state index contributed by atoms with van der Waals surface area (Å²) in [5.41, 5.74) is 0. The van der Waals surface area contributed by atoms with Crippen LogP contribution in [0.4, 0.5) is 0 Å². The summed E-state index contributed by atoms with van der Waals surface area (Å²) in [5.74, 6) is -0.634. The quantitative estimate of drug-likeness (QED) is 0.0885. The summed E-state index contributed by atoms with van der Waals surface area (Å²) >= 11 is 15.1. The predicted molar refractivity (Wildman–Crippen MR) is 119 cm³/mol. The van der Waals surface area contributed by atoms with Gasteiger partial charge >= 0.3 is 8.60 Å². The smallest absolute Gasteiger partial charge is 0.363 e. The van der Waals surface area contributed by atoms with E-state index in [9.17, 15) is 5.11 Å². The molecule has 0 saturated carbocycles. The molecular formula is C13H26O11PS5-. The van der Waals surface area contributed by atoms with Crippen molar-refractivity contribution in [2.24, 2.45) is 5.92 Å². The van der Waals surface area contributed by atoms with Gasteiger partial charge < -0.3 is 38.0 Å². The monoisotopic (exact) mass is 549 g/mol. The van der Waals surface area contributed by atoms with Gasteiger partial charge in [0.15, 0.2) is 6.29 Å². The topological polar surface area (TPSA) is 146 Å². The highest BCUT2D eigenvalue weighted by atomic mass is 33.1. The first-order valence-corrected chi connectivity index (χ1v) is 15.2. The Morgan fingerprint density at radius 2 is 1.87 bits per heavy atom. The number of ether oxygens (including phenoxy) is 2. The summed E-state index contributed by atoms with van der Waals surface area (Å²) in [5, 5.41) is 37.1. The van der Waals surface area contributed by atoms with E-state index in [-0.39, 0.29) is 13.2 Å². The molecular weight excluding hydrogens is 523 g/mol. The van der Waals surface area contributed by atoms with Crippen LogP contribution in [0.15, 0.2) is 0 Å². The minimum absolute atomic E-state index is 0.165. The first-order valence-electron chi connectivity index (χ1n) is 8.59. The van der Waals surface area contributed by atoms with Gasteiger partial charge in [-0.3, -0.25) is 4.18 Å². The summed E-state index contributed by atoms with van der Waals surface area (Å²) in [6, 6.07) is 0. The number of aliphatic hydroxyl groups excluding tert-OH is 3. The van der Waals surface area contributed by atoms with Gasteiger partial charge in [0.1, 0.15) is 12.2 Å². The fourth-order valence-corrected chi connectivity index (χ4v) is 5.07. The van der Waals surface area contributed by atoms with Crippen molar-refractivity contribution in [2.45, 2.75) is 37.6 Å². The molecule has 4 N–H and O–H groups in total. The molecule has 0 amide bonds. The SMILES string of the molecule is CCOC1C(CO)OC(OS(C)=S)C(O[S-](=S)=S)C1COP(OO)OC(CO)CO. The van der Waals surface area contributed by atoms with E-state index in [1.165, 1.54) is 0 Å². The maximum atomic E-state index is 9.79. The largest absolute Gasteiger partial charge is 0.460 e. The van der Waals surface area contributed by atoms with Gasteiger partial charge in [-0.15, -0.1) is 0 Å². The lowest BCUT2D eigenvalue weighted by atomic mass is 9.89. The molecule has 1 fully saturated rings. The zero-order valence-electron chi connectivity index (χ0n) is 16.1. The van der Waals surface area contributed by atoms with Crippen molar-refractivity contribution >= 4 is 60.2 Å². The minimum Gasteiger partial charge on any atom is -0.460 e. The van der Waals surface area contributed by atoms with Gasteiger partial charge in [-0.2, -0.15) is 4.67 Å². The fourth-order valence-electron chi connectivity index (χ4n) is 2.64. The van der Waals surface area contributed by atoms with Gasteiger partial charge in [-0.1, -0.05) is 0 Å². The molecule has 30 heavy (non-hydrogen) atoms. The third-order valence-corrected chi connectivity index (χ3v) is 6.34. The minimum atomic E-state index is -2.34. The lowest BCUT2D eigenvalue weighted by Gasteiger charge is -2.46. The summed E-state index contributed by atoms with van der Waals surface area (Å²) < 4.78 is 37.7. The Hall–Kier alpha value is 1.35. The summed E-state index contributed by atoms with van der Waals surface area (Å²) in [6.07, 6.45) is -2.70. The zero-order valence-corrected chi connectivity index (χ0v) is 21.1. The average molecular weight is 550 g/mol. The van der Waals surface area contributed by atoms with Crippen LogP contribution in [0.1, 0.15) is 6.92 Å². The first kappa shape index (κ1) is 29.4. The van der Waals surface area contributed by atoms with Crippen molar-refractivity contribution < 1.29 is 52.1 Å². The van der Waals surface area contributed by atoms with E-state index in [1.54, 1.807) is 13.2 Å². The Balaban J connectivity index is 3.11. The van der Waals surface area contributed by atoms with Gasteiger partial charge in [0.2, 0.25) is 0 Å². The van der Waals surface area contributed by atoms with Crippen LogP contribution < -0.4 is 0 Å². The van der Waals surface area contributed by atoms with Crippen LogP contribution in [-0.2, 0) is 83.2 Å². The molecule has 0 bridgehead atoms. The molecule has 7 atom stereocenters. The molecule has 1 heterocycles. The van der Waals surface area contributed by atoms with Crippen molar-refractivity contribution in [3.63, 3.8) is 0 Å². The van der Waals surface area contributed by atoms with E-state index in [2.05, 4.69) is 4.67 Å². The Morgan fingerprint density at radius 3 is 2.33 bits per heavy atom. The highest BCUT2D eigenvalue weighted by molar-refractivity contribution is 8.44. The van der Waals surface area contributed by atoms with Crippen LogP contribution in [0, 0.1) is 5.92 Å². The Labute approximate surface area is 194 Å². The Bertz CT molecular complexity index is 574. The highest BCUT2D eigenvalue weighted by Gasteiger charge is 2.47. The van der Waals surface area contributed by atoms with E-state index in [4.69, 9.17) is 75.9 Å². The standard InChI is InChI=1S/C13H26O11PS5/c1-3-18-11-9(7-19-25(24-17)21-8(4-14)5-15)12(22-30(27)28)13(23-29(2)26)20-10(11)6-16/h8-17H,3-7H2,1-2H3/q-1. The second-order valence-corrected chi connectivity index (χ2v) is 12.3. The van der Waals surface area contributed by atoms with Crippen LogP contribution in [0.5, 0.6) is 0 Å². The van der Waals surface area contributed by atoms with Gasteiger partial charge in [0.05, 0.1) is 38.6 Å². The Kier molecular flexibility index (Phi) is 15.7. The molecule has 0 radical (unpaired) electrons. The summed E-state index contributed by atoms with van der Waals surface area (Å²) in [7, 11) is -4.55. The lowest BCUT2D eigenvalue weighted by Crippen LogP contribution is -2.59. The van der Waals surface area contributed by atoms with Gasteiger partial charge in [-0.25, -0.2) is 35.9 Å². The van der Waals surface area contributed by atoms with Crippen LogP contribution >= 0.6 is 8.60 Å². The van der Waals surface area contributed by atoms with Crippen molar-refractivity contribution in [1.82, 2.24) is 0 Å². The summed E-state index contributed by atoms with van der Waals surface area (Å²) in [4.78, 5) is 0. The third kappa shape index (κ3) is 9.69. The van der Waals surface area contributed by atoms with Crippen LogP contribution in [0.3, 0.4) is 0 Å².